The molecule has 0 saturated heterocycles. The van der Waals surface area contributed by atoms with Gasteiger partial charge in [0.2, 0.25) is 5.91 Å². The van der Waals surface area contributed by atoms with Crippen LogP contribution in [0.3, 0.4) is 0 Å². The highest BCUT2D eigenvalue weighted by Gasteiger charge is 2.06. The van der Waals surface area contributed by atoms with Crippen LogP contribution >= 0.6 is 0 Å². The van der Waals surface area contributed by atoms with E-state index in [0.717, 1.165) is 5.56 Å². The van der Waals surface area contributed by atoms with Gasteiger partial charge in [-0.25, -0.2) is 0 Å². The summed E-state index contributed by atoms with van der Waals surface area (Å²) in [5.41, 5.74) is 7.16. The summed E-state index contributed by atoms with van der Waals surface area (Å²) in [7, 11) is 1.53. The Labute approximate surface area is 107 Å². The molecule has 0 spiro atoms. The first-order valence-electron chi connectivity index (χ1n) is 5.90. The second kappa shape index (κ2) is 7.68. The molecule has 1 rings (SSSR count). The van der Waals surface area contributed by atoms with E-state index in [9.17, 15) is 9.90 Å². The van der Waals surface area contributed by atoms with E-state index in [0.29, 0.717) is 25.1 Å². The average Bonchev–Trinajstić information content (AvgIpc) is 2.32. The van der Waals surface area contributed by atoms with Crippen LogP contribution in [0.25, 0.3) is 0 Å². The fourth-order valence-corrected chi connectivity index (χ4v) is 1.54. The number of ether oxygens (including phenoxy) is 1. The van der Waals surface area contributed by atoms with E-state index >= 15 is 0 Å². The third-order valence-electron chi connectivity index (χ3n) is 2.50. The molecule has 0 heterocycles. The first-order chi connectivity index (χ1) is 8.61. The maximum Gasteiger partial charge on any atom is 0.224 e. The van der Waals surface area contributed by atoms with Crippen molar-refractivity contribution in [2.24, 2.45) is 0 Å². The van der Waals surface area contributed by atoms with Crippen LogP contribution in [0.1, 0.15) is 12.0 Å². The van der Waals surface area contributed by atoms with Gasteiger partial charge in [0.25, 0.3) is 0 Å². The molecule has 5 nitrogen and oxygen atoms in total. The normalized spacial score (nSPS) is 12.1. The lowest BCUT2D eigenvalue weighted by molar-refractivity contribution is -0.120. The maximum absolute atomic E-state index is 11.6. The Hall–Kier alpha value is -1.59. The highest BCUT2D eigenvalue weighted by Crippen LogP contribution is 2.05. The largest absolute Gasteiger partial charge is 0.399 e. The SMILES string of the molecule is COCC(O)CCNC(=O)Cc1ccc(N)cc1. The highest BCUT2D eigenvalue weighted by atomic mass is 16.5. The molecular weight excluding hydrogens is 232 g/mol. The van der Waals surface area contributed by atoms with Gasteiger partial charge in [0.15, 0.2) is 0 Å². The van der Waals surface area contributed by atoms with Crippen molar-refractivity contribution in [3.63, 3.8) is 0 Å². The molecule has 100 valence electrons. The monoisotopic (exact) mass is 252 g/mol. The minimum Gasteiger partial charge on any atom is -0.399 e. The lowest BCUT2D eigenvalue weighted by Crippen LogP contribution is -2.29. The Kier molecular flexibility index (Phi) is 6.18. The summed E-state index contributed by atoms with van der Waals surface area (Å²) in [5.74, 6) is -0.0654. The van der Waals surface area contributed by atoms with Crippen LogP contribution in [0.4, 0.5) is 5.69 Å². The van der Waals surface area contributed by atoms with Crippen LogP contribution in [0, 0.1) is 0 Å². The molecule has 0 radical (unpaired) electrons. The summed E-state index contributed by atoms with van der Waals surface area (Å²) in [6.45, 7) is 0.728. The number of nitrogens with one attached hydrogen (secondary N) is 1. The first kappa shape index (κ1) is 14.5. The second-order valence-corrected chi connectivity index (χ2v) is 4.17. The Morgan fingerprint density at radius 1 is 1.44 bits per heavy atom. The number of hydrogen-bond acceptors (Lipinski definition) is 4. The number of nitrogens with two attached hydrogens (primary N) is 1. The van der Waals surface area contributed by atoms with Gasteiger partial charge in [-0.2, -0.15) is 0 Å². The summed E-state index contributed by atoms with van der Waals surface area (Å²) in [6, 6.07) is 7.19. The van der Waals surface area contributed by atoms with Gasteiger partial charge in [0, 0.05) is 19.3 Å². The van der Waals surface area contributed by atoms with Gasteiger partial charge in [-0.3, -0.25) is 4.79 Å². The molecule has 0 aliphatic heterocycles. The van der Waals surface area contributed by atoms with Crippen LogP contribution in [0.2, 0.25) is 0 Å². The van der Waals surface area contributed by atoms with E-state index in [1.54, 1.807) is 12.1 Å². The van der Waals surface area contributed by atoms with Gasteiger partial charge in [0.1, 0.15) is 0 Å². The number of aliphatic hydroxyl groups excluding tert-OH is 1. The van der Waals surface area contributed by atoms with Crippen molar-refractivity contribution in [3.8, 4) is 0 Å². The second-order valence-electron chi connectivity index (χ2n) is 4.17. The number of carbonyl (C=O) groups is 1. The lowest BCUT2D eigenvalue weighted by atomic mass is 10.1. The van der Waals surface area contributed by atoms with Crippen LogP contribution in [-0.2, 0) is 16.0 Å². The molecule has 18 heavy (non-hydrogen) atoms. The summed E-state index contributed by atoms with van der Waals surface area (Å²) in [5, 5.41) is 12.1. The lowest BCUT2D eigenvalue weighted by Gasteiger charge is -2.10. The summed E-state index contributed by atoms with van der Waals surface area (Å²) < 4.78 is 4.79. The number of benzene rings is 1. The van der Waals surface area contributed by atoms with Crippen molar-refractivity contribution < 1.29 is 14.6 Å². The number of aliphatic hydroxyl groups is 1. The molecule has 0 aliphatic carbocycles. The third kappa shape index (κ3) is 5.65. The fraction of sp³-hybridized carbons (Fsp3) is 0.462. The Morgan fingerprint density at radius 3 is 2.72 bits per heavy atom. The van der Waals surface area contributed by atoms with Gasteiger partial charge in [-0.05, 0) is 24.1 Å². The zero-order valence-electron chi connectivity index (χ0n) is 10.6. The minimum atomic E-state index is -0.535. The fourth-order valence-electron chi connectivity index (χ4n) is 1.54. The molecule has 1 aromatic carbocycles. The van der Waals surface area contributed by atoms with Crippen LogP contribution in [-0.4, -0.2) is 37.4 Å². The number of rotatable bonds is 7. The molecule has 1 aromatic rings. The molecule has 0 bridgehead atoms. The number of amides is 1. The molecule has 1 atom stereocenters. The summed E-state index contributed by atoms with van der Waals surface area (Å²) in [6.07, 6.45) is 0.272. The van der Waals surface area contributed by atoms with E-state index in [4.69, 9.17) is 10.5 Å². The maximum atomic E-state index is 11.6. The molecule has 1 amide bonds. The quantitative estimate of drug-likeness (QED) is 0.610. The van der Waals surface area contributed by atoms with Crippen LogP contribution in [0.15, 0.2) is 24.3 Å². The molecule has 5 heteroatoms. The van der Waals surface area contributed by atoms with E-state index in [1.165, 1.54) is 7.11 Å². The number of hydrogen-bond donors (Lipinski definition) is 3. The van der Waals surface area contributed by atoms with E-state index in [2.05, 4.69) is 5.32 Å². The van der Waals surface area contributed by atoms with E-state index in [1.807, 2.05) is 12.1 Å². The molecule has 1 unspecified atom stereocenters. The minimum absolute atomic E-state index is 0.0654. The van der Waals surface area contributed by atoms with E-state index in [-0.39, 0.29) is 12.5 Å². The predicted molar refractivity (Wildman–Crippen MR) is 70.1 cm³/mol. The summed E-state index contributed by atoms with van der Waals surface area (Å²) in [4.78, 5) is 11.6. The van der Waals surface area contributed by atoms with Gasteiger partial charge in [0.05, 0.1) is 19.1 Å². The number of methoxy groups -OCH3 is 1. The van der Waals surface area contributed by atoms with Crippen molar-refractivity contribution in [1.82, 2.24) is 5.32 Å². The number of anilines is 1. The van der Waals surface area contributed by atoms with Crippen molar-refractivity contribution in [2.45, 2.75) is 18.9 Å². The van der Waals surface area contributed by atoms with Crippen molar-refractivity contribution >= 4 is 11.6 Å². The Morgan fingerprint density at radius 2 is 2.11 bits per heavy atom. The molecule has 0 aromatic heterocycles. The smallest absolute Gasteiger partial charge is 0.224 e. The van der Waals surface area contributed by atoms with E-state index < -0.39 is 6.10 Å². The molecule has 0 saturated carbocycles. The predicted octanol–water partition coefficient (Wildman–Crippen LogP) is 0.325. The highest BCUT2D eigenvalue weighted by molar-refractivity contribution is 5.78. The third-order valence-corrected chi connectivity index (χ3v) is 2.50. The Bertz CT molecular complexity index is 365. The van der Waals surface area contributed by atoms with Crippen molar-refractivity contribution in [3.05, 3.63) is 29.8 Å². The molecule has 4 N–H and O–H groups in total. The van der Waals surface area contributed by atoms with Gasteiger partial charge in [-0.15, -0.1) is 0 Å². The number of carbonyl (C=O) groups excluding carboxylic acids is 1. The average molecular weight is 252 g/mol. The molecule has 0 fully saturated rings. The zero-order chi connectivity index (χ0) is 13.4. The Balaban J connectivity index is 2.23. The number of nitrogen functional groups attached to an aromatic ring is 1. The molecule has 0 aliphatic rings. The van der Waals surface area contributed by atoms with Gasteiger partial charge in [-0.1, -0.05) is 12.1 Å². The van der Waals surface area contributed by atoms with Crippen LogP contribution in [0.5, 0.6) is 0 Å². The first-order valence-corrected chi connectivity index (χ1v) is 5.90. The summed E-state index contributed by atoms with van der Waals surface area (Å²) >= 11 is 0. The van der Waals surface area contributed by atoms with Gasteiger partial charge >= 0.3 is 0 Å². The molecular formula is C13H20N2O3. The standard InChI is InChI=1S/C13H20N2O3/c1-18-9-12(16)6-7-15-13(17)8-10-2-4-11(14)5-3-10/h2-5,12,16H,6-9,14H2,1H3,(H,15,17). The van der Waals surface area contributed by atoms with Crippen molar-refractivity contribution in [1.29, 1.82) is 0 Å². The topological polar surface area (TPSA) is 84.6 Å². The zero-order valence-corrected chi connectivity index (χ0v) is 10.6. The van der Waals surface area contributed by atoms with Crippen LogP contribution < -0.4 is 11.1 Å². The van der Waals surface area contributed by atoms with Gasteiger partial charge < -0.3 is 20.9 Å². The van der Waals surface area contributed by atoms with Crippen molar-refractivity contribution in [2.75, 3.05) is 26.0 Å².